The van der Waals surface area contributed by atoms with Crippen molar-refractivity contribution in [2.75, 3.05) is 11.9 Å². The van der Waals surface area contributed by atoms with Crippen LogP contribution in [0.2, 0.25) is 0 Å². The van der Waals surface area contributed by atoms with Gasteiger partial charge in [-0.05, 0) is 37.1 Å². The van der Waals surface area contributed by atoms with Crippen molar-refractivity contribution in [1.29, 1.82) is 0 Å². The molecule has 0 saturated carbocycles. The Bertz CT molecular complexity index is 663. The summed E-state index contributed by atoms with van der Waals surface area (Å²) in [6.07, 6.45) is 0.839. The van der Waals surface area contributed by atoms with Crippen LogP contribution in [0.4, 0.5) is 5.69 Å². The zero-order valence-electron chi connectivity index (χ0n) is 12.8. The highest BCUT2D eigenvalue weighted by Gasteiger charge is 2.09. The number of hydrogen-bond donors (Lipinski definition) is 2. The molecule has 2 amide bonds. The standard InChI is InChI=1S/C18H20N2O2/c1-3-14-6-4-5-7-16(14)20-17(21)12-19-18(22)15-10-8-13(2)9-11-15/h4-11H,3,12H2,1-2H3,(H,19,22)(H,20,21). The Morgan fingerprint density at radius 3 is 2.36 bits per heavy atom. The predicted octanol–water partition coefficient (Wildman–Crippen LogP) is 2.93. The van der Waals surface area contributed by atoms with Crippen LogP contribution < -0.4 is 10.6 Å². The maximum absolute atomic E-state index is 11.9. The van der Waals surface area contributed by atoms with Gasteiger partial charge in [-0.1, -0.05) is 42.8 Å². The van der Waals surface area contributed by atoms with Crippen LogP contribution in [-0.2, 0) is 11.2 Å². The van der Waals surface area contributed by atoms with Gasteiger partial charge < -0.3 is 10.6 Å². The number of para-hydroxylation sites is 1. The minimum absolute atomic E-state index is 0.0508. The van der Waals surface area contributed by atoms with Crippen LogP contribution in [0.1, 0.15) is 28.4 Å². The van der Waals surface area contributed by atoms with Gasteiger partial charge in [0.05, 0.1) is 6.54 Å². The third-order valence-corrected chi connectivity index (χ3v) is 3.40. The van der Waals surface area contributed by atoms with Gasteiger partial charge in [-0.3, -0.25) is 9.59 Å². The first-order chi connectivity index (χ1) is 10.6. The second-order valence-electron chi connectivity index (χ2n) is 5.11. The second kappa shape index (κ2) is 7.41. The Balaban J connectivity index is 1.90. The van der Waals surface area contributed by atoms with Crippen molar-refractivity contribution in [1.82, 2.24) is 5.32 Å². The zero-order chi connectivity index (χ0) is 15.9. The summed E-state index contributed by atoms with van der Waals surface area (Å²) in [7, 11) is 0. The molecule has 0 aliphatic carbocycles. The van der Waals surface area contributed by atoms with Crippen LogP contribution in [0.15, 0.2) is 48.5 Å². The summed E-state index contributed by atoms with van der Waals surface area (Å²) in [5, 5.41) is 5.45. The summed E-state index contributed by atoms with van der Waals surface area (Å²) >= 11 is 0. The molecule has 4 heteroatoms. The lowest BCUT2D eigenvalue weighted by atomic mass is 10.1. The monoisotopic (exact) mass is 296 g/mol. The fraction of sp³-hybridized carbons (Fsp3) is 0.222. The molecule has 0 bridgehead atoms. The number of hydrogen-bond acceptors (Lipinski definition) is 2. The topological polar surface area (TPSA) is 58.2 Å². The Kier molecular flexibility index (Phi) is 5.31. The highest BCUT2D eigenvalue weighted by atomic mass is 16.2. The van der Waals surface area contributed by atoms with Crippen molar-refractivity contribution < 1.29 is 9.59 Å². The average Bonchev–Trinajstić information content (AvgIpc) is 2.54. The lowest BCUT2D eigenvalue weighted by Gasteiger charge is -2.10. The predicted molar refractivity (Wildman–Crippen MR) is 88.0 cm³/mol. The van der Waals surface area contributed by atoms with Gasteiger partial charge >= 0.3 is 0 Å². The van der Waals surface area contributed by atoms with Crippen LogP contribution in [0.5, 0.6) is 0 Å². The SMILES string of the molecule is CCc1ccccc1NC(=O)CNC(=O)c1ccc(C)cc1. The molecule has 0 radical (unpaired) electrons. The molecule has 114 valence electrons. The number of carbonyl (C=O) groups is 2. The molecule has 0 aromatic heterocycles. The number of aryl methyl sites for hydroxylation is 2. The highest BCUT2D eigenvalue weighted by Crippen LogP contribution is 2.14. The lowest BCUT2D eigenvalue weighted by Crippen LogP contribution is -2.33. The third kappa shape index (κ3) is 4.19. The summed E-state index contributed by atoms with van der Waals surface area (Å²) in [6, 6.07) is 14.9. The van der Waals surface area contributed by atoms with Crippen LogP contribution in [0.25, 0.3) is 0 Å². The average molecular weight is 296 g/mol. The van der Waals surface area contributed by atoms with E-state index in [1.165, 1.54) is 0 Å². The van der Waals surface area contributed by atoms with E-state index in [4.69, 9.17) is 0 Å². The van der Waals surface area contributed by atoms with E-state index in [0.717, 1.165) is 23.2 Å². The number of benzene rings is 2. The maximum atomic E-state index is 11.9. The van der Waals surface area contributed by atoms with E-state index in [1.807, 2.05) is 50.2 Å². The quantitative estimate of drug-likeness (QED) is 0.891. The molecule has 0 unspecified atom stereocenters. The molecule has 0 aliphatic rings. The van der Waals surface area contributed by atoms with Crippen molar-refractivity contribution in [2.45, 2.75) is 20.3 Å². The summed E-state index contributed by atoms with van der Waals surface area (Å²) in [6.45, 7) is 3.94. The fourth-order valence-electron chi connectivity index (χ4n) is 2.11. The summed E-state index contributed by atoms with van der Waals surface area (Å²) in [5.41, 5.74) is 3.50. The van der Waals surface area contributed by atoms with E-state index in [9.17, 15) is 9.59 Å². The van der Waals surface area contributed by atoms with Gasteiger partial charge in [0.1, 0.15) is 0 Å². The molecule has 0 saturated heterocycles. The first-order valence-corrected chi connectivity index (χ1v) is 7.32. The summed E-state index contributed by atoms with van der Waals surface area (Å²) in [5.74, 6) is -0.486. The molecule has 2 N–H and O–H groups in total. The maximum Gasteiger partial charge on any atom is 0.251 e. The number of amides is 2. The van der Waals surface area contributed by atoms with E-state index in [0.29, 0.717) is 5.56 Å². The van der Waals surface area contributed by atoms with Crippen molar-refractivity contribution in [2.24, 2.45) is 0 Å². The molecule has 22 heavy (non-hydrogen) atoms. The molecule has 2 rings (SSSR count). The molecular formula is C18H20N2O2. The van der Waals surface area contributed by atoms with Crippen LogP contribution in [-0.4, -0.2) is 18.4 Å². The number of carbonyl (C=O) groups excluding carboxylic acids is 2. The largest absolute Gasteiger partial charge is 0.343 e. The van der Waals surface area contributed by atoms with Crippen molar-refractivity contribution in [3.05, 3.63) is 65.2 Å². The van der Waals surface area contributed by atoms with Crippen LogP contribution >= 0.6 is 0 Å². The summed E-state index contributed by atoms with van der Waals surface area (Å²) in [4.78, 5) is 23.9. The highest BCUT2D eigenvalue weighted by molar-refractivity contribution is 5.99. The first kappa shape index (κ1) is 15.8. The minimum atomic E-state index is -0.251. The minimum Gasteiger partial charge on any atom is -0.343 e. The normalized spacial score (nSPS) is 10.1. The second-order valence-corrected chi connectivity index (χ2v) is 5.11. The van der Waals surface area contributed by atoms with E-state index in [-0.39, 0.29) is 18.4 Å². The van der Waals surface area contributed by atoms with Crippen LogP contribution in [0, 0.1) is 6.92 Å². The van der Waals surface area contributed by atoms with E-state index >= 15 is 0 Å². The molecule has 4 nitrogen and oxygen atoms in total. The molecule has 2 aromatic rings. The van der Waals surface area contributed by atoms with E-state index in [2.05, 4.69) is 10.6 Å². The number of nitrogens with one attached hydrogen (secondary N) is 2. The Labute approximate surface area is 130 Å². The van der Waals surface area contributed by atoms with Gasteiger partial charge in [0.2, 0.25) is 5.91 Å². The first-order valence-electron chi connectivity index (χ1n) is 7.32. The van der Waals surface area contributed by atoms with Gasteiger partial charge in [0.25, 0.3) is 5.91 Å². The fourth-order valence-corrected chi connectivity index (χ4v) is 2.11. The molecule has 0 aliphatic heterocycles. The van der Waals surface area contributed by atoms with Crippen molar-refractivity contribution in [3.8, 4) is 0 Å². The molecule has 0 atom stereocenters. The molecule has 0 heterocycles. The van der Waals surface area contributed by atoms with Crippen molar-refractivity contribution in [3.63, 3.8) is 0 Å². The zero-order valence-corrected chi connectivity index (χ0v) is 12.8. The Morgan fingerprint density at radius 1 is 1.00 bits per heavy atom. The van der Waals surface area contributed by atoms with Gasteiger partial charge in [0, 0.05) is 11.3 Å². The van der Waals surface area contributed by atoms with Gasteiger partial charge in [-0.15, -0.1) is 0 Å². The van der Waals surface area contributed by atoms with Gasteiger partial charge in [0.15, 0.2) is 0 Å². The smallest absolute Gasteiger partial charge is 0.251 e. The van der Waals surface area contributed by atoms with Gasteiger partial charge in [-0.25, -0.2) is 0 Å². The Morgan fingerprint density at radius 2 is 1.68 bits per heavy atom. The molecule has 2 aromatic carbocycles. The molecule has 0 fully saturated rings. The van der Waals surface area contributed by atoms with E-state index < -0.39 is 0 Å². The van der Waals surface area contributed by atoms with Crippen molar-refractivity contribution >= 4 is 17.5 Å². The third-order valence-electron chi connectivity index (χ3n) is 3.40. The van der Waals surface area contributed by atoms with Gasteiger partial charge in [-0.2, -0.15) is 0 Å². The Hall–Kier alpha value is -2.62. The lowest BCUT2D eigenvalue weighted by molar-refractivity contribution is -0.115. The van der Waals surface area contributed by atoms with Crippen LogP contribution in [0.3, 0.4) is 0 Å². The number of anilines is 1. The molecular weight excluding hydrogens is 276 g/mol. The van der Waals surface area contributed by atoms with E-state index in [1.54, 1.807) is 12.1 Å². The molecule has 0 spiro atoms. The number of rotatable bonds is 5. The summed E-state index contributed by atoms with van der Waals surface area (Å²) < 4.78 is 0.